The fraction of sp³-hybridized carbons (Fsp3) is 0.188. The number of hydrogen-bond acceptors (Lipinski definition) is 4. The molecule has 0 unspecified atom stereocenters. The molecule has 0 aliphatic rings. The molecule has 0 aliphatic heterocycles. The van der Waals surface area contributed by atoms with Crippen LogP contribution in [0.4, 0.5) is 0 Å². The lowest BCUT2D eigenvalue weighted by atomic mass is 9.99. The maximum atomic E-state index is 12.5. The van der Waals surface area contributed by atoms with Gasteiger partial charge in [0.05, 0.1) is 12.0 Å². The Morgan fingerprint density at radius 1 is 1.10 bits per heavy atom. The Hall–Kier alpha value is -2.14. The van der Waals surface area contributed by atoms with E-state index in [2.05, 4.69) is 0 Å². The summed E-state index contributed by atoms with van der Waals surface area (Å²) in [7, 11) is -1.77. The standard InChI is InChI=1S/C16H16O4S/c1-11-9-13(20-2)7-8-15(11)16(17)12-5-4-6-14(10-12)21(3,18)19/h4-10H,1-3H3. The second-order valence-corrected chi connectivity index (χ2v) is 6.83. The van der Waals surface area contributed by atoms with Crippen LogP contribution in [0.15, 0.2) is 47.4 Å². The average Bonchev–Trinajstić information content (AvgIpc) is 2.45. The van der Waals surface area contributed by atoms with E-state index >= 15 is 0 Å². The number of carbonyl (C=O) groups excluding carboxylic acids is 1. The van der Waals surface area contributed by atoms with Crippen LogP contribution in [0, 0.1) is 6.92 Å². The summed E-state index contributed by atoms with van der Waals surface area (Å²) in [4.78, 5) is 12.6. The minimum absolute atomic E-state index is 0.138. The summed E-state index contributed by atoms with van der Waals surface area (Å²) in [5.41, 5.74) is 1.66. The molecule has 0 fully saturated rings. The van der Waals surface area contributed by atoms with Crippen LogP contribution in [-0.2, 0) is 9.84 Å². The van der Waals surface area contributed by atoms with Gasteiger partial charge in [0, 0.05) is 17.4 Å². The van der Waals surface area contributed by atoms with Crippen molar-refractivity contribution in [2.75, 3.05) is 13.4 Å². The van der Waals surface area contributed by atoms with E-state index in [0.717, 1.165) is 11.8 Å². The molecule has 110 valence electrons. The number of rotatable bonds is 4. The smallest absolute Gasteiger partial charge is 0.193 e. The Labute approximate surface area is 124 Å². The van der Waals surface area contributed by atoms with Gasteiger partial charge in [0.1, 0.15) is 5.75 Å². The molecule has 0 aliphatic carbocycles. The molecule has 0 atom stereocenters. The lowest BCUT2D eigenvalue weighted by Gasteiger charge is -2.08. The van der Waals surface area contributed by atoms with E-state index in [4.69, 9.17) is 4.74 Å². The fourth-order valence-corrected chi connectivity index (χ4v) is 2.71. The zero-order valence-corrected chi connectivity index (χ0v) is 12.9. The van der Waals surface area contributed by atoms with E-state index in [-0.39, 0.29) is 10.7 Å². The van der Waals surface area contributed by atoms with Gasteiger partial charge in [-0.05, 0) is 42.8 Å². The minimum atomic E-state index is -3.33. The van der Waals surface area contributed by atoms with Gasteiger partial charge in [-0.3, -0.25) is 4.79 Å². The third kappa shape index (κ3) is 3.31. The molecule has 2 aromatic carbocycles. The Balaban J connectivity index is 2.46. The zero-order valence-electron chi connectivity index (χ0n) is 12.1. The number of ether oxygens (including phenoxy) is 1. The number of sulfone groups is 1. The van der Waals surface area contributed by atoms with E-state index < -0.39 is 9.84 Å². The predicted octanol–water partition coefficient (Wildman–Crippen LogP) is 2.64. The summed E-state index contributed by atoms with van der Waals surface area (Å²) in [6.45, 7) is 1.82. The second-order valence-electron chi connectivity index (χ2n) is 4.81. The van der Waals surface area contributed by atoms with E-state index in [1.807, 2.05) is 6.92 Å². The zero-order chi connectivity index (χ0) is 15.6. The molecule has 0 bridgehead atoms. The first-order chi connectivity index (χ1) is 9.82. The van der Waals surface area contributed by atoms with E-state index in [1.54, 1.807) is 37.4 Å². The minimum Gasteiger partial charge on any atom is -0.497 e. The third-order valence-corrected chi connectivity index (χ3v) is 4.31. The Morgan fingerprint density at radius 3 is 2.38 bits per heavy atom. The Bertz CT molecular complexity index is 792. The first kappa shape index (κ1) is 15.3. The maximum absolute atomic E-state index is 12.5. The second kappa shape index (κ2) is 5.69. The molecule has 0 saturated carbocycles. The van der Waals surface area contributed by atoms with E-state index in [1.165, 1.54) is 12.1 Å². The molecule has 21 heavy (non-hydrogen) atoms. The summed E-state index contributed by atoms with van der Waals surface area (Å²) in [6.07, 6.45) is 1.12. The van der Waals surface area contributed by atoms with E-state index in [0.29, 0.717) is 16.9 Å². The van der Waals surface area contributed by atoms with Gasteiger partial charge in [-0.2, -0.15) is 0 Å². The number of carbonyl (C=O) groups is 1. The van der Waals surface area contributed by atoms with Gasteiger partial charge in [-0.15, -0.1) is 0 Å². The van der Waals surface area contributed by atoms with Gasteiger partial charge in [0.15, 0.2) is 15.6 Å². The molecule has 0 amide bonds. The van der Waals surface area contributed by atoms with Crippen molar-refractivity contribution >= 4 is 15.6 Å². The quantitative estimate of drug-likeness (QED) is 0.815. The van der Waals surface area contributed by atoms with Crippen molar-refractivity contribution in [1.82, 2.24) is 0 Å². The molecule has 0 radical (unpaired) electrons. The molecule has 0 spiro atoms. The predicted molar refractivity (Wildman–Crippen MR) is 80.7 cm³/mol. The summed E-state index contributed by atoms with van der Waals surface area (Å²) >= 11 is 0. The number of ketones is 1. The summed E-state index contributed by atoms with van der Waals surface area (Å²) in [5.74, 6) is 0.467. The first-order valence-electron chi connectivity index (χ1n) is 6.32. The monoisotopic (exact) mass is 304 g/mol. The highest BCUT2D eigenvalue weighted by Gasteiger charge is 2.15. The third-order valence-electron chi connectivity index (χ3n) is 3.20. The van der Waals surface area contributed by atoms with Crippen LogP contribution in [-0.4, -0.2) is 27.6 Å². The average molecular weight is 304 g/mol. The molecule has 4 nitrogen and oxygen atoms in total. The highest BCUT2D eigenvalue weighted by molar-refractivity contribution is 7.90. The Kier molecular flexibility index (Phi) is 4.14. The molecule has 0 N–H and O–H groups in total. The summed E-state index contributed by atoms with van der Waals surface area (Å²) in [6, 6.07) is 11.2. The number of aryl methyl sites for hydroxylation is 1. The number of hydrogen-bond donors (Lipinski definition) is 0. The van der Waals surface area contributed by atoms with Crippen molar-refractivity contribution in [1.29, 1.82) is 0 Å². The van der Waals surface area contributed by atoms with Crippen molar-refractivity contribution in [2.24, 2.45) is 0 Å². The van der Waals surface area contributed by atoms with Crippen LogP contribution in [0.1, 0.15) is 21.5 Å². The van der Waals surface area contributed by atoms with Gasteiger partial charge in [0.25, 0.3) is 0 Å². The molecule has 0 saturated heterocycles. The Morgan fingerprint density at radius 2 is 1.81 bits per heavy atom. The highest BCUT2D eigenvalue weighted by Crippen LogP contribution is 2.21. The van der Waals surface area contributed by atoms with Crippen molar-refractivity contribution in [2.45, 2.75) is 11.8 Å². The van der Waals surface area contributed by atoms with Gasteiger partial charge in [-0.1, -0.05) is 12.1 Å². The van der Waals surface area contributed by atoms with Crippen molar-refractivity contribution in [3.05, 3.63) is 59.2 Å². The van der Waals surface area contributed by atoms with Crippen LogP contribution < -0.4 is 4.74 Å². The molecular weight excluding hydrogens is 288 g/mol. The van der Waals surface area contributed by atoms with Gasteiger partial charge >= 0.3 is 0 Å². The van der Waals surface area contributed by atoms with Gasteiger partial charge in [0.2, 0.25) is 0 Å². The molecule has 0 heterocycles. The van der Waals surface area contributed by atoms with Gasteiger partial charge < -0.3 is 4.74 Å². The van der Waals surface area contributed by atoms with Crippen LogP contribution in [0.25, 0.3) is 0 Å². The molecule has 2 aromatic rings. The fourth-order valence-electron chi connectivity index (χ4n) is 2.04. The van der Waals surface area contributed by atoms with Crippen molar-refractivity contribution in [3.8, 4) is 5.75 Å². The van der Waals surface area contributed by atoms with Crippen molar-refractivity contribution in [3.63, 3.8) is 0 Å². The topological polar surface area (TPSA) is 60.4 Å². The number of methoxy groups -OCH3 is 1. The summed E-state index contributed by atoms with van der Waals surface area (Å²) in [5, 5.41) is 0. The summed E-state index contributed by atoms with van der Waals surface area (Å²) < 4.78 is 28.2. The largest absolute Gasteiger partial charge is 0.497 e. The van der Waals surface area contributed by atoms with Crippen molar-refractivity contribution < 1.29 is 17.9 Å². The SMILES string of the molecule is COc1ccc(C(=O)c2cccc(S(C)(=O)=O)c2)c(C)c1. The van der Waals surface area contributed by atoms with Gasteiger partial charge in [-0.25, -0.2) is 8.42 Å². The molecule has 5 heteroatoms. The lowest BCUT2D eigenvalue weighted by Crippen LogP contribution is -2.06. The molecule has 2 rings (SSSR count). The van der Waals surface area contributed by atoms with Crippen LogP contribution in [0.5, 0.6) is 5.75 Å². The maximum Gasteiger partial charge on any atom is 0.193 e. The van der Waals surface area contributed by atoms with Crippen LogP contribution in [0.3, 0.4) is 0 Å². The van der Waals surface area contributed by atoms with E-state index in [9.17, 15) is 13.2 Å². The highest BCUT2D eigenvalue weighted by atomic mass is 32.2. The lowest BCUT2D eigenvalue weighted by molar-refractivity contribution is 0.103. The van der Waals surface area contributed by atoms with Crippen LogP contribution in [0.2, 0.25) is 0 Å². The number of benzene rings is 2. The molecule has 0 aromatic heterocycles. The normalized spacial score (nSPS) is 11.2. The molecular formula is C16H16O4S. The first-order valence-corrected chi connectivity index (χ1v) is 8.21. The van der Waals surface area contributed by atoms with Crippen LogP contribution >= 0.6 is 0 Å².